The Balaban J connectivity index is 3.49. The Labute approximate surface area is 98.0 Å². The van der Waals surface area contributed by atoms with Crippen LogP contribution in [0.2, 0.25) is 0 Å². The molecule has 0 amide bonds. The van der Waals surface area contributed by atoms with E-state index >= 15 is 0 Å². The highest BCUT2D eigenvalue weighted by molar-refractivity contribution is 5.61. The highest BCUT2D eigenvalue weighted by Crippen LogP contribution is 1.92. The van der Waals surface area contributed by atoms with E-state index in [2.05, 4.69) is 18.9 Å². The summed E-state index contributed by atoms with van der Waals surface area (Å²) >= 11 is 0. The first-order valence-corrected chi connectivity index (χ1v) is 4.87. The lowest BCUT2D eigenvalue weighted by Crippen LogP contribution is -2.20. The molecular weight excluding hydrogens is 236 g/mol. The fraction of sp³-hybridized carbons (Fsp3) is 0.778. The van der Waals surface area contributed by atoms with Gasteiger partial charge in [-0.15, -0.1) is 0 Å². The van der Waals surface area contributed by atoms with E-state index in [0.717, 1.165) is 0 Å². The van der Waals surface area contributed by atoms with Crippen LogP contribution in [0, 0.1) is 0 Å². The molecule has 0 saturated heterocycles. The number of aliphatic hydroxyl groups is 2. The summed E-state index contributed by atoms with van der Waals surface area (Å²) in [4.78, 5) is 21.5. The van der Waals surface area contributed by atoms with Gasteiger partial charge < -0.3 is 29.2 Å². The van der Waals surface area contributed by atoms with Crippen LogP contribution >= 0.6 is 0 Å². The van der Waals surface area contributed by atoms with Gasteiger partial charge in [0.25, 0.3) is 0 Å². The Morgan fingerprint density at radius 1 is 0.882 bits per heavy atom. The molecule has 8 nitrogen and oxygen atoms in total. The highest BCUT2D eigenvalue weighted by atomic mass is 16.8. The molecule has 2 atom stereocenters. The second-order valence-electron chi connectivity index (χ2n) is 3.23. The molecule has 0 aromatic carbocycles. The summed E-state index contributed by atoms with van der Waals surface area (Å²) in [6, 6.07) is 0. The highest BCUT2D eigenvalue weighted by Gasteiger charge is 2.09. The maximum absolute atomic E-state index is 10.8. The average Bonchev–Trinajstić information content (AvgIpc) is 2.23. The van der Waals surface area contributed by atoms with E-state index in [-0.39, 0.29) is 13.2 Å². The van der Waals surface area contributed by atoms with Crippen molar-refractivity contribution in [2.45, 2.75) is 26.1 Å². The van der Waals surface area contributed by atoms with Gasteiger partial charge in [-0.2, -0.15) is 0 Å². The smallest absolute Gasteiger partial charge is 0.431 e. The van der Waals surface area contributed by atoms with Crippen LogP contribution in [-0.2, 0) is 18.9 Å². The summed E-state index contributed by atoms with van der Waals surface area (Å²) in [6.45, 7) is 1.75. The molecule has 0 aromatic heterocycles. The number of hydrogen-bond donors (Lipinski definition) is 2. The molecule has 2 N–H and O–H groups in total. The van der Waals surface area contributed by atoms with Crippen molar-refractivity contribution in [1.82, 2.24) is 0 Å². The first kappa shape index (κ1) is 15.5. The van der Waals surface area contributed by atoms with Gasteiger partial charge in [-0.05, 0) is 13.8 Å². The van der Waals surface area contributed by atoms with Gasteiger partial charge in [0.05, 0.1) is 12.2 Å². The Bertz CT molecular complexity index is 213. The molecule has 0 rings (SSSR count). The van der Waals surface area contributed by atoms with E-state index in [1.807, 2.05) is 0 Å². The van der Waals surface area contributed by atoms with Gasteiger partial charge in [-0.3, -0.25) is 0 Å². The van der Waals surface area contributed by atoms with E-state index in [0.29, 0.717) is 0 Å². The minimum Gasteiger partial charge on any atom is -0.431 e. The monoisotopic (exact) mass is 252 g/mol. The van der Waals surface area contributed by atoms with Crippen molar-refractivity contribution >= 4 is 12.3 Å². The van der Waals surface area contributed by atoms with Crippen LogP contribution in [0.1, 0.15) is 13.8 Å². The van der Waals surface area contributed by atoms with Gasteiger partial charge >= 0.3 is 12.3 Å². The Kier molecular flexibility index (Phi) is 7.82. The van der Waals surface area contributed by atoms with Crippen LogP contribution < -0.4 is 0 Å². The second kappa shape index (κ2) is 8.59. The number of ether oxygens (including phenoxy) is 4. The zero-order valence-electron chi connectivity index (χ0n) is 9.62. The molecular formula is C9H16O8. The van der Waals surface area contributed by atoms with Crippen LogP contribution in [0.5, 0.6) is 0 Å². The molecule has 0 aliphatic heterocycles. The lowest BCUT2D eigenvalue weighted by atomic mass is 10.5. The van der Waals surface area contributed by atoms with E-state index in [9.17, 15) is 9.59 Å². The molecule has 0 aromatic rings. The minimum absolute atomic E-state index is 0.217. The van der Waals surface area contributed by atoms with Crippen molar-refractivity contribution in [1.29, 1.82) is 0 Å². The molecule has 0 aliphatic carbocycles. The van der Waals surface area contributed by atoms with Crippen LogP contribution in [0.4, 0.5) is 9.59 Å². The van der Waals surface area contributed by atoms with Gasteiger partial charge in [0.15, 0.2) is 0 Å². The average molecular weight is 252 g/mol. The standard InChI is InChI=1S/C9H16O8/c1-6(10)3-14-8(12)16-5-17-9(13)15-4-7(2)11/h6-7,10-11H,3-5H2,1-2H3. The van der Waals surface area contributed by atoms with Crippen molar-refractivity contribution in [2.75, 3.05) is 20.0 Å². The van der Waals surface area contributed by atoms with E-state index in [1.54, 1.807) is 0 Å². The van der Waals surface area contributed by atoms with Gasteiger partial charge in [0, 0.05) is 0 Å². The maximum atomic E-state index is 10.8. The number of rotatable bonds is 6. The van der Waals surface area contributed by atoms with Crippen molar-refractivity contribution in [3.05, 3.63) is 0 Å². The zero-order valence-corrected chi connectivity index (χ0v) is 9.62. The first-order valence-electron chi connectivity index (χ1n) is 4.87. The topological polar surface area (TPSA) is 112 Å². The van der Waals surface area contributed by atoms with E-state index in [4.69, 9.17) is 10.2 Å². The maximum Gasteiger partial charge on any atom is 0.511 e. The Morgan fingerprint density at radius 3 is 1.53 bits per heavy atom. The van der Waals surface area contributed by atoms with E-state index < -0.39 is 31.3 Å². The molecule has 100 valence electrons. The number of aliphatic hydroxyl groups excluding tert-OH is 2. The third-order valence-electron chi connectivity index (χ3n) is 1.24. The van der Waals surface area contributed by atoms with Crippen LogP contribution in [0.15, 0.2) is 0 Å². The molecule has 8 heteroatoms. The summed E-state index contributed by atoms with van der Waals surface area (Å²) in [5.41, 5.74) is 0. The molecule has 0 fully saturated rings. The van der Waals surface area contributed by atoms with Crippen LogP contribution in [-0.4, -0.2) is 54.7 Å². The Hall–Kier alpha value is -1.54. The predicted molar refractivity (Wildman–Crippen MR) is 53.1 cm³/mol. The van der Waals surface area contributed by atoms with Crippen LogP contribution in [0.3, 0.4) is 0 Å². The van der Waals surface area contributed by atoms with Crippen molar-refractivity contribution in [3.63, 3.8) is 0 Å². The van der Waals surface area contributed by atoms with Gasteiger partial charge in [-0.25, -0.2) is 9.59 Å². The molecule has 17 heavy (non-hydrogen) atoms. The number of carbonyl (C=O) groups is 2. The molecule has 2 unspecified atom stereocenters. The largest absolute Gasteiger partial charge is 0.511 e. The van der Waals surface area contributed by atoms with Crippen molar-refractivity contribution in [2.24, 2.45) is 0 Å². The lowest BCUT2D eigenvalue weighted by Gasteiger charge is -2.09. The molecule has 0 spiro atoms. The third kappa shape index (κ3) is 10.7. The van der Waals surface area contributed by atoms with Gasteiger partial charge in [0.2, 0.25) is 6.79 Å². The molecule has 0 heterocycles. The molecule has 0 radical (unpaired) electrons. The van der Waals surface area contributed by atoms with E-state index in [1.165, 1.54) is 13.8 Å². The summed E-state index contributed by atoms with van der Waals surface area (Å²) in [6.07, 6.45) is -3.76. The third-order valence-corrected chi connectivity index (χ3v) is 1.24. The Morgan fingerprint density at radius 2 is 1.24 bits per heavy atom. The fourth-order valence-corrected chi connectivity index (χ4v) is 0.586. The quantitative estimate of drug-likeness (QED) is 0.502. The summed E-state index contributed by atoms with van der Waals surface area (Å²) in [5.74, 6) is 0. The zero-order chi connectivity index (χ0) is 13.3. The van der Waals surface area contributed by atoms with Crippen molar-refractivity contribution in [3.8, 4) is 0 Å². The van der Waals surface area contributed by atoms with Crippen molar-refractivity contribution < 1.29 is 38.7 Å². The predicted octanol–water partition coefficient (Wildman–Crippen LogP) is 0.0119. The van der Waals surface area contributed by atoms with Gasteiger partial charge in [-0.1, -0.05) is 0 Å². The fourth-order valence-electron chi connectivity index (χ4n) is 0.586. The molecule has 0 aliphatic rings. The van der Waals surface area contributed by atoms with Gasteiger partial charge in [0.1, 0.15) is 13.2 Å². The second-order valence-corrected chi connectivity index (χ2v) is 3.23. The lowest BCUT2D eigenvalue weighted by molar-refractivity contribution is -0.0505. The SMILES string of the molecule is CC(O)COC(=O)OCOC(=O)OCC(C)O. The number of hydrogen-bond acceptors (Lipinski definition) is 8. The molecule has 0 saturated carbocycles. The molecule has 0 bridgehead atoms. The minimum atomic E-state index is -1.07. The number of carbonyl (C=O) groups excluding carboxylic acids is 2. The normalized spacial score (nSPS) is 13.4. The summed E-state index contributed by atoms with van der Waals surface area (Å²) < 4.78 is 17.4. The van der Waals surface area contributed by atoms with Crippen LogP contribution in [0.25, 0.3) is 0 Å². The summed E-state index contributed by atoms with van der Waals surface area (Å²) in [7, 11) is 0. The summed E-state index contributed by atoms with van der Waals surface area (Å²) in [5, 5.41) is 17.6. The first-order chi connectivity index (χ1) is 7.91.